The van der Waals surface area contributed by atoms with Gasteiger partial charge in [0.15, 0.2) is 5.13 Å². The molecule has 3 rings (SSSR count). The van der Waals surface area contributed by atoms with Crippen molar-refractivity contribution in [3.8, 4) is 0 Å². The SMILES string of the molecule is Cc1cccc(/C=C\C(=O)Nc2ncc(Cc3cccc(C)c3)s2)c1. The molecule has 1 amide bonds. The molecule has 0 saturated heterocycles. The van der Waals surface area contributed by atoms with Crippen molar-refractivity contribution in [3.05, 3.63) is 87.9 Å². The lowest BCUT2D eigenvalue weighted by Gasteiger charge is -1.99. The monoisotopic (exact) mass is 348 g/mol. The van der Waals surface area contributed by atoms with Crippen molar-refractivity contribution >= 4 is 28.5 Å². The van der Waals surface area contributed by atoms with E-state index in [-0.39, 0.29) is 5.91 Å². The normalized spacial score (nSPS) is 11.0. The van der Waals surface area contributed by atoms with Gasteiger partial charge in [0, 0.05) is 23.6 Å². The van der Waals surface area contributed by atoms with Crippen molar-refractivity contribution in [2.45, 2.75) is 20.3 Å². The lowest BCUT2D eigenvalue weighted by Crippen LogP contribution is -2.07. The molecule has 2 aromatic carbocycles. The van der Waals surface area contributed by atoms with Gasteiger partial charge in [0.25, 0.3) is 0 Å². The molecule has 0 radical (unpaired) electrons. The highest BCUT2D eigenvalue weighted by Gasteiger charge is 2.05. The van der Waals surface area contributed by atoms with Crippen LogP contribution in [0.4, 0.5) is 5.13 Å². The Labute approximate surface area is 152 Å². The van der Waals surface area contributed by atoms with Gasteiger partial charge in [-0.05, 0) is 31.1 Å². The van der Waals surface area contributed by atoms with Crippen molar-refractivity contribution < 1.29 is 4.79 Å². The minimum atomic E-state index is -0.169. The van der Waals surface area contributed by atoms with Gasteiger partial charge in [-0.15, -0.1) is 11.3 Å². The number of amides is 1. The van der Waals surface area contributed by atoms with Crippen LogP contribution in [0.2, 0.25) is 0 Å². The topological polar surface area (TPSA) is 42.0 Å². The number of hydrogen-bond donors (Lipinski definition) is 1. The summed E-state index contributed by atoms with van der Waals surface area (Å²) in [5, 5.41) is 3.45. The second-order valence-electron chi connectivity index (χ2n) is 6.03. The summed E-state index contributed by atoms with van der Waals surface area (Å²) in [6.45, 7) is 4.12. The summed E-state index contributed by atoms with van der Waals surface area (Å²) in [5.74, 6) is -0.169. The zero-order chi connectivity index (χ0) is 17.6. The average Bonchev–Trinajstić information content (AvgIpc) is 3.00. The van der Waals surface area contributed by atoms with Crippen molar-refractivity contribution in [2.24, 2.45) is 0 Å². The fourth-order valence-corrected chi connectivity index (χ4v) is 3.41. The Morgan fingerprint density at radius 1 is 1.12 bits per heavy atom. The van der Waals surface area contributed by atoms with Crippen LogP contribution in [0.25, 0.3) is 6.08 Å². The molecule has 4 heteroatoms. The molecule has 0 atom stereocenters. The molecule has 126 valence electrons. The Kier molecular flexibility index (Phi) is 5.41. The van der Waals surface area contributed by atoms with Crippen LogP contribution in [0.3, 0.4) is 0 Å². The number of aromatic nitrogens is 1. The summed E-state index contributed by atoms with van der Waals surface area (Å²) in [7, 11) is 0. The van der Waals surface area contributed by atoms with E-state index in [1.54, 1.807) is 0 Å². The number of aryl methyl sites for hydroxylation is 2. The van der Waals surface area contributed by atoms with Crippen LogP contribution in [0, 0.1) is 13.8 Å². The summed E-state index contributed by atoms with van der Waals surface area (Å²) in [6.07, 6.45) is 6.00. The molecule has 3 aromatic rings. The Morgan fingerprint density at radius 3 is 2.64 bits per heavy atom. The second-order valence-corrected chi connectivity index (χ2v) is 7.15. The number of rotatable bonds is 5. The number of benzene rings is 2. The van der Waals surface area contributed by atoms with Crippen molar-refractivity contribution in [1.82, 2.24) is 4.98 Å². The maximum atomic E-state index is 12.1. The third-order valence-electron chi connectivity index (χ3n) is 3.71. The summed E-state index contributed by atoms with van der Waals surface area (Å²) in [4.78, 5) is 17.5. The zero-order valence-corrected chi connectivity index (χ0v) is 15.1. The largest absolute Gasteiger partial charge is 0.298 e. The molecule has 0 unspecified atom stereocenters. The molecule has 0 spiro atoms. The van der Waals surface area contributed by atoms with Crippen LogP contribution in [0.15, 0.2) is 60.8 Å². The van der Waals surface area contributed by atoms with Gasteiger partial charge in [-0.25, -0.2) is 4.98 Å². The first-order valence-electron chi connectivity index (χ1n) is 8.14. The molecule has 0 aliphatic heterocycles. The van der Waals surface area contributed by atoms with Crippen molar-refractivity contribution in [1.29, 1.82) is 0 Å². The van der Waals surface area contributed by atoms with E-state index in [2.05, 4.69) is 41.5 Å². The molecule has 1 heterocycles. The van der Waals surface area contributed by atoms with E-state index in [9.17, 15) is 4.79 Å². The molecule has 0 saturated carbocycles. The number of hydrogen-bond acceptors (Lipinski definition) is 3. The van der Waals surface area contributed by atoms with Crippen LogP contribution < -0.4 is 5.32 Å². The number of carbonyl (C=O) groups excluding carboxylic acids is 1. The van der Waals surface area contributed by atoms with E-state index in [0.29, 0.717) is 5.13 Å². The Morgan fingerprint density at radius 2 is 1.88 bits per heavy atom. The highest BCUT2D eigenvalue weighted by atomic mass is 32.1. The Bertz CT molecular complexity index is 912. The Hall–Kier alpha value is -2.72. The average molecular weight is 348 g/mol. The standard InChI is InChI=1S/C21H20N2OS/c1-15-5-3-7-17(11-15)9-10-20(24)23-21-22-14-19(25-21)13-18-8-4-6-16(2)12-18/h3-12,14H,13H2,1-2H3,(H,22,23,24)/b10-9-. The van der Waals surface area contributed by atoms with Gasteiger partial charge < -0.3 is 0 Å². The third-order valence-corrected chi connectivity index (χ3v) is 4.63. The van der Waals surface area contributed by atoms with Gasteiger partial charge in [0.1, 0.15) is 0 Å². The van der Waals surface area contributed by atoms with Crippen LogP contribution in [-0.2, 0) is 11.2 Å². The van der Waals surface area contributed by atoms with Crippen molar-refractivity contribution in [3.63, 3.8) is 0 Å². The first-order chi connectivity index (χ1) is 12.1. The van der Waals surface area contributed by atoms with E-state index in [1.165, 1.54) is 34.1 Å². The molecule has 0 aliphatic rings. The lowest BCUT2D eigenvalue weighted by molar-refractivity contribution is -0.111. The molecular formula is C21H20N2OS. The van der Waals surface area contributed by atoms with Gasteiger partial charge in [0.05, 0.1) is 0 Å². The highest BCUT2D eigenvalue weighted by molar-refractivity contribution is 7.15. The molecule has 1 N–H and O–H groups in total. The molecule has 1 aromatic heterocycles. The van der Waals surface area contributed by atoms with E-state index >= 15 is 0 Å². The van der Waals surface area contributed by atoms with Crippen molar-refractivity contribution in [2.75, 3.05) is 5.32 Å². The number of thiazole rings is 1. The number of nitrogens with one attached hydrogen (secondary N) is 1. The van der Waals surface area contributed by atoms with Crippen LogP contribution in [0.1, 0.15) is 27.1 Å². The number of nitrogens with zero attached hydrogens (tertiary/aromatic N) is 1. The lowest BCUT2D eigenvalue weighted by atomic mass is 10.1. The molecule has 0 bridgehead atoms. The van der Waals surface area contributed by atoms with Gasteiger partial charge in [-0.3, -0.25) is 10.1 Å². The molecule has 3 nitrogen and oxygen atoms in total. The smallest absolute Gasteiger partial charge is 0.250 e. The van der Waals surface area contributed by atoms with Crippen LogP contribution in [0.5, 0.6) is 0 Å². The van der Waals surface area contributed by atoms with E-state index < -0.39 is 0 Å². The maximum absolute atomic E-state index is 12.1. The quantitative estimate of drug-likeness (QED) is 0.659. The van der Waals surface area contributed by atoms with Gasteiger partial charge in [-0.2, -0.15) is 0 Å². The zero-order valence-electron chi connectivity index (χ0n) is 14.3. The molecule has 0 aliphatic carbocycles. The predicted molar refractivity (Wildman–Crippen MR) is 105 cm³/mol. The van der Waals surface area contributed by atoms with Crippen LogP contribution in [-0.4, -0.2) is 10.9 Å². The van der Waals surface area contributed by atoms with Gasteiger partial charge >= 0.3 is 0 Å². The van der Waals surface area contributed by atoms with E-state index in [4.69, 9.17) is 0 Å². The first-order valence-corrected chi connectivity index (χ1v) is 8.96. The summed E-state index contributed by atoms with van der Waals surface area (Å²) in [5.41, 5.74) is 4.68. The Balaban J connectivity index is 1.60. The second kappa shape index (κ2) is 7.90. The molecule has 25 heavy (non-hydrogen) atoms. The fraction of sp³-hybridized carbons (Fsp3) is 0.143. The molecule has 0 fully saturated rings. The first kappa shape index (κ1) is 17.1. The van der Waals surface area contributed by atoms with Crippen LogP contribution >= 0.6 is 11.3 Å². The summed E-state index contributed by atoms with van der Waals surface area (Å²) < 4.78 is 0. The minimum Gasteiger partial charge on any atom is -0.298 e. The fourth-order valence-electron chi connectivity index (χ4n) is 2.56. The highest BCUT2D eigenvalue weighted by Crippen LogP contribution is 2.21. The number of carbonyl (C=O) groups is 1. The van der Waals surface area contributed by atoms with E-state index in [1.807, 2.05) is 43.5 Å². The maximum Gasteiger partial charge on any atom is 0.250 e. The number of anilines is 1. The summed E-state index contributed by atoms with van der Waals surface area (Å²) in [6, 6.07) is 16.4. The van der Waals surface area contributed by atoms with Gasteiger partial charge in [0.2, 0.25) is 5.91 Å². The third kappa shape index (κ3) is 5.13. The predicted octanol–water partition coefficient (Wildman–Crippen LogP) is 5.00. The van der Waals surface area contributed by atoms with Gasteiger partial charge in [-0.1, -0.05) is 59.7 Å². The minimum absolute atomic E-state index is 0.169. The van der Waals surface area contributed by atoms with E-state index in [0.717, 1.165) is 16.9 Å². The molecular weight excluding hydrogens is 328 g/mol. The summed E-state index contributed by atoms with van der Waals surface area (Å²) >= 11 is 1.51.